The summed E-state index contributed by atoms with van der Waals surface area (Å²) < 4.78 is 26.9. The Morgan fingerprint density at radius 2 is 1.81 bits per heavy atom. The lowest BCUT2D eigenvalue weighted by molar-refractivity contribution is -0.133. The number of hydrogen-bond acceptors (Lipinski definition) is 4. The number of amides is 2. The van der Waals surface area contributed by atoms with Crippen LogP contribution in [0.3, 0.4) is 0 Å². The van der Waals surface area contributed by atoms with Gasteiger partial charge in [-0.1, -0.05) is 44.7 Å². The molecule has 0 aromatic heterocycles. The minimum absolute atomic E-state index is 0.0376. The fourth-order valence-electron chi connectivity index (χ4n) is 4.87. The number of aryl methyl sites for hydroxylation is 1. The number of hydrogen-bond donors (Lipinski definition) is 1. The molecule has 2 fully saturated rings. The van der Waals surface area contributed by atoms with Crippen molar-refractivity contribution in [3.63, 3.8) is 0 Å². The van der Waals surface area contributed by atoms with Gasteiger partial charge in [-0.15, -0.1) is 0 Å². The first-order valence-corrected chi connectivity index (χ1v) is 13.4. The highest BCUT2D eigenvalue weighted by Crippen LogP contribution is 2.34. The molecular formula is C24H37N3O4S. The van der Waals surface area contributed by atoms with Crippen LogP contribution in [0, 0.1) is 13.8 Å². The van der Waals surface area contributed by atoms with Gasteiger partial charge in [-0.25, -0.2) is 8.42 Å². The third-order valence-corrected chi connectivity index (χ3v) is 8.86. The van der Waals surface area contributed by atoms with E-state index in [1.165, 1.54) is 17.1 Å². The van der Waals surface area contributed by atoms with Gasteiger partial charge in [0.15, 0.2) is 0 Å². The summed E-state index contributed by atoms with van der Waals surface area (Å²) in [6.07, 6.45) is 6.75. The van der Waals surface area contributed by atoms with Crippen molar-refractivity contribution in [3.05, 3.63) is 29.3 Å². The molecule has 178 valence electrons. The van der Waals surface area contributed by atoms with Crippen LogP contribution in [0.25, 0.3) is 0 Å². The van der Waals surface area contributed by atoms with Crippen molar-refractivity contribution in [2.24, 2.45) is 0 Å². The number of nitrogens with one attached hydrogen (secondary N) is 1. The molecule has 0 radical (unpaired) electrons. The van der Waals surface area contributed by atoms with Gasteiger partial charge in [0, 0.05) is 18.3 Å². The van der Waals surface area contributed by atoms with Crippen LogP contribution in [0.4, 0.5) is 5.69 Å². The number of rotatable bonds is 6. The van der Waals surface area contributed by atoms with E-state index in [1.54, 1.807) is 18.7 Å². The van der Waals surface area contributed by atoms with Crippen LogP contribution in [0.1, 0.15) is 69.9 Å². The van der Waals surface area contributed by atoms with Crippen LogP contribution in [0.2, 0.25) is 0 Å². The third-order valence-electron chi connectivity index (χ3n) is 6.89. The highest BCUT2D eigenvalue weighted by atomic mass is 32.2. The first-order chi connectivity index (χ1) is 15.1. The lowest BCUT2D eigenvalue weighted by atomic mass is 9.92. The molecule has 1 N–H and O–H groups in total. The second kappa shape index (κ2) is 9.91. The fraction of sp³-hybridized carbons (Fsp3) is 0.667. The molecule has 1 aliphatic heterocycles. The van der Waals surface area contributed by atoms with Gasteiger partial charge >= 0.3 is 0 Å². The van der Waals surface area contributed by atoms with E-state index in [4.69, 9.17) is 0 Å². The average molecular weight is 464 g/mol. The van der Waals surface area contributed by atoms with Crippen molar-refractivity contribution in [2.45, 2.75) is 84.2 Å². The molecule has 1 atom stereocenters. The smallest absolute Gasteiger partial charge is 0.247 e. The molecule has 1 saturated carbocycles. The molecule has 7 nitrogen and oxygen atoms in total. The van der Waals surface area contributed by atoms with E-state index in [1.807, 2.05) is 32.0 Å². The maximum absolute atomic E-state index is 13.7. The van der Waals surface area contributed by atoms with Gasteiger partial charge < -0.3 is 5.32 Å². The Morgan fingerprint density at radius 1 is 1.16 bits per heavy atom. The number of sulfonamides is 1. The predicted octanol–water partition coefficient (Wildman–Crippen LogP) is 3.29. The first kappa shape index (κ1) is 24.7. The quantitative estimate of drug-likeness (QED) is 0.656. The van der Waals surface area contributed by atoms with Crippen LogP contribution in [-0.2, 0) is 19.6 Å². The van der Waals surface area contributed by atoms with Crippen LogP contribution < -0.4 is 10.2 Å². The summed E-state index contributed by atoms with van der Waals surface area (Å²) >= 11 is 0. The van der Waals surface area contributed by atoms with E-state index in [0.717, 1.165) is 36.8 Å². The Labute approximate surface area is 192 Å². The highest BCUT2D eigenvalue weighted by Gasteiger charge is 2.51. The van der Waals surface area contributed by atoms with E-state index in [-0.39, 0.29) is 36.7 Å². The summed E-state index contributed by atoms with van der Waals surface area (Å²) in [6.45, 7) is 7.10. The van der Waals surface area contributed by atoms with Gasteiger partial charge in [0.25, 0.3) is 0 Å². The summed E-state index contributed by atoms with van der Waals surface area (Å²) in [6, 6.07) is 5.73. The number of carbonyl (C=O) groups is 2. The van der Waals surface area contributed by atoms with Crippen molar-refractivity contribution >= 4 is 27.5 Å². The van der Waals surface area contributed by atoms with Crippen molar-refractivity contribution < 1.29 is 18.0 Å². The highest BCUT2D eigenvalue weighted by molar-refractivity contribution is 7.89. The Bertz CT molecular complexity index is 954. The molecule has 1 saturated heterocycles. The summed E-state index contributed by atoms with van der Waals surface area (Å²) in [5.74, 6) is -0.692. The minimum atomic E-state index is -3.63. The van der Waals surface area contributed by atoms with Crippen LogP contribution in [0.5, 0.6) is 0 Å². The zero-order valence-corrected chi connectivity index (χ0v) is 20.6. The Kier molecular flexibility index (Phi) is 7.65. The number of nitrogens with zero attached hydrogens (tertiary/aromatic N) is 2. The number of piperazine rings is 1. The summed E-state index contributed by atoms with van der Waals surface area (Å²) in [5.41, 5.74) is 1.27. The Balaban J connectivity index is 2.01. The SMILES string of the molecule is CCCS(=O)(=O)N1CC(=O)N(c2cccc(C)c2C)[C@@](C)(C(=O)NC2CCCCCC2)C1. The molecule has 1 heterocycles. The van der Waals surface area contributed by atoms with Gasteiger partial charge in [0.2, 0.25) is 21.8 Å². The van der Waals surface area contributed by atoms with Gasteiger partial charge in [-0.05, 0) is 57.2 Å². The number of carbonyl (C=O) groups excluding carboxylic acids is 2. The largest absolute Gasteiger partial charge is 0.351 e. The first-order valence-electron chi connectivity index (χ1n) is 11.8. The van der Waals surface area contributed by atoms with Gasteiger partial charge in [0.1, 0.15) is 5.54 Å². The van der Waals surface area contributed by atoms with Crippen molar-refractivity contribution in [3.8, 4) is 0 Å². The molecule has 1 aliphatic carbocycles. The number of anilines is 1. The van der Waals surface area contributed by atoms with Crippen molar-refractivity contribution in [1.29, 1.82) is 0 Å². The van der Waals surface area contributed by atoms with Crippen molar-refractivity contribution in [1.82, 2.24) is 9.62 Å². The van der Waals surface area contributed by atoms with Crippen LogP contribution >= 0.6 is 0 Å². The molecule has 0 unspecified atom stereocenters. The molecule has 3 rings (SSSR count). The molecule has 2 aliphatic rings. The minimum Gasteiger partial charge on any atom is -0.351 e. The topological polar surface area (TPSA) is 86.8 Å². The van der Waals surface area contributed by atoms with Gasteiger partial charge in [-0.2, -0.15) is 4.31 Å². The summed E-state index contributed by atoms with van der Waals surface area (Å²) in [4.78, 5) is 28.7. The summed E-state index contributed by atoms with van der Waals surface area (Å²) in [7, 11) is -3.63. The zero-order valence-electron chi connectivity index (χ0n) is 19.8. The maximum Gasteiger partial charge on any atom is 0.247 e. The lowest BCUT2D eigenvalue weighted by Crippen LogP contribution is -2.71. The molecule has 0 bridgehead atoms. The van der Waals surface area contributed by atoms with Crippen LogP contribution in [-0.4, -0.2) is 55.0 Å². The third kappa shape index (κ3) is 5.01. The van der Waals surface area contributed by atoms with E-state index in [9.17, 15) is 18.0 Å². The molecule has 1 aromatic rings. The number of benzene rings is 1. The Hall–Kier alpha value is -1.93. The fourth-order valence-corrected chi connectivity index (χ4v) is 6.40. The van der Waals surface area contributed by atoms with E-state index in [2.05, 4.69) is 5.32 Å². The lowest BCUT2D eigenvalue weighted by Gasteiger charge is -2.47. The maximum atomic E-state index is 13.7. The second-order valence-electron chi connectivity index (χ2n) is 9.47. The van der Waals surface area contributed by atoms with E-state index in [0.29, 0.717) is 12.1 Å². The zero-order chi connectivity index (χ0) is 23.5. The second-order valence-corrected chi connectivity index (χ2v) is 11.6. The molecule has 2 amide bonds. The molecule has 32 heavy (non-hydrogen) atoms. The molecule has 1 aromatic carbocycles. The standard InChI is InChI=1S/C24H37N3O4S/c1-5-15-32(30,31)26-16-22(28)27(21-14-10-11-18(2)19(21)3)24(4,17-26)23(29)25-20-12-8-6-7-9-13-20/h10-11,14,20H,5-9,12-13,15-17H2,1-4H3,(H,25,29)/t24-/m1/s1. The molecule has 0 spiro atoms. The van der Waals surface area contributed by atoms with Crippen molar-refractivity contribution in [2.75, 3.05) is 23.7 Å². The summed E-state index contributed by atoms with van der Waals surface area (Å²) in [5, 5.41) is 3.17. The molecular weight excluding hydrogens is 426 g/mol. The Morgan fingerprint density at radius 3 is 2.44 bits per heavy atom. The van der Waals surface area contributed by atoms with Crippen LogP contribution in [0.15, 0.2) is 18.2 Å². The average Bonchev–Trinajstić information content (AvgIpc) is 2.99. The van der Waals surface area contributed by atoms with E-state index < -0.39 is 15.6 Å². The predicted molar refractivity (Wildman–Crippen MR) is 127 cm³/mol. The van der Waals surface area contributed by atoms with Gasteiger partial charge in [0.05, 0.1) is 12.3 Å². The van der Waals surface area contributed by atoms with E-state index >= 15 is 0 Å². The van der Waals surface area contributed by atoms with Gasteiger partial charge in [-0.3, -0.25) is 14.5 Å². The molecule has 8 heteroatoms. The normalized spacial score (nSPS) is 23.8. The monoisotopic (exact) mass is 463 g/mol.